The molecular formula is C21H53NO4P+. The molecule has 0 spiro atoms. The fourth-order valence-corrected chi connectivity index (χ4v) is 2.69. The Morgan fingerprint density at radius 1 is 0.556 bits per heavy atom. The zero-order valence-electron chi connectivity index (χ0n) is 19.7. The maximum absolute atomic E-state index is 11.1. The first-order valence-corrected chi connectivity index (χ1v) is 12.6. The van der Waals surface area contributed by atoms with Crippen LogP contribution in [0.5, 0.6) is 0 Å². The fourth-order valence-electron chi connectivity index (χ4n) is 1.89. The number of unbranched alkanes of at least 4 members (excludes halogenated alkanes) is 9. The monoisotopic (exact) mass is 414 g/mol. The van der Waals surface area contributed by atoms with E-state index >= 15 is 0 Å². The van der Waals surface area contributed by atoms with Crippen LogP contribution in [0.2, 0.25) is 0 Å². The lowest BCUT2D eigenvalue weighted by Gasteiger charge is -2.10. The summed E-state index contributed by atoms with van der Waals surface area (Å²) in [4.78, 5) is 9.08. The molecule has 27 heavy (non-hydrogen) atoms. The lowest BCUT2D eigenvalue weighted by molar-refractivity contribution is 0.146. The van der Waals surface area contributed by atoms with Crippen LogP contribution >= 0.6 is 7.82 Å². The molecule has 0 amide bonds. The maximum atomic E-state index is 11.1. The molecule has 5 nitrogen and oxygen atoms in total. The Labute approximate surface area is 171 Å². The van der Waals surface area contributed by atoms with Crippen molar-refractivity contribution in [1.82, 2.24) is 6.15 Å². The van der Waals surface area contributed by atoms with Crippen molar-refractivity contribution in [3.8, 4) is 0 Å². The summed E-state index contributed by atoms with van der Waals surface area (Å²) < 4.78 is 20.5. The van der Waals surface area contributed by atoms with E-state index in [1.807, 2.05) is 13.8 Å². The summed E-state index contributed by atoms with van der Waals surface area (Å²) in [5, 5.41) is 0. The third kappa shape index (κ3) is 41.5. The highest BCUT2D eigenvalue weighted by Gasteiger charge is 2.19. The van der Waals surface area contributed by atoms with Crippen LogP contribution in [0.4, 0.5) is 0 Å². The second-order valence-corrected chi connectivity index (χ2v) is 8.06. The molecule has 0 heterocycles. The minimum atomic E-state index is -3.75. The molecule has 0 rings (SSSR count). The topological polar surface area (TPSA) is 92.3 Å². The molecule has 0 atom stereocenters. The van der Waals surface area contributed by atoms with Crippen molar-refractivity contribution in [2.75, 3.05) is 13.2 Å². The van der Waals surface area contributed by atoms with Gasteiger partial charge in [-0.05, 0) is 12.8 Å². The summed E-state index contributed by atoms with van der Waals surface area (Å²) in [6.07, 6.45) is 16.0. The van der Waals surface area contributed by atoms with Gasteiger partial charge in [0.2, 0.25) is 0 Å². The minimum Gasteiger partial charge on any atom is -0.369 e. The van der Waals surface area contributed by atoms with Gasteiger partial charge in [-0.15, -0.1) is 0 Å². The lowest BCUT2D eigenvalue weighted by Crippen LogP contribution is -1.98. The van der Waals surface area contributed by atoms with Gasteiger partial charge in [0.05, 0.1) is 13.2 Å². The lowest BCUT2D eigenvalue weighted by atomic mass is 10.1. The summed E-state index contributed by atoms with van der Waals surface area (Å²) in [5.74, 6) is 0. The quantitative estimate of drug-likeness (QED) is 0.207. The first-order chi connectivity index (χ1) is 12.4. The van der Waals surface area contributed by atoms with Crippen LogP contribution in [0.3, 0.4) is 0 Å². The number of rotatable bonds is 15. The molecule has 0 unspecified atom stereocenters. The Kier molecular flexibility index (Phi) is 39.4. The van der Waals surface area contributed by atoms with Crippen molar-refractivity contribution in [3.63, 3.8) is 0 Å². The zero-order valence-corrected chi connectivity index (χ0v) is 20.6. The summed E-state index contributed by atoms with van der Waals surface area (Å²) in [6.45, 7) is 13.5. The second-order valence-electron chi connectivity index (χ2n) is 6.61. The average Bonchev–Trinajstić information content (AvgIpc) is 2.61. The molecular weight excluding hydrogens is 361 g/mol. The van der Waals surface area contributed by atoms with Gasteiger partial charge in [0.25, 0.3) is 0 Å². The van der Waals surface area contributed by atoms with Crippen molar-refractivity contribution in [2.24, 2.45) is 0 Å². The zero-order chi connectivity index (χ0) is 20.5. The highest BCUT2D eigenvalue weighted by atomic mass is 31.2. The molecule has 0 aliphatic carbocycles. The van der Waals surface area contributed by atoms with Crippen LogP contribution < -0.4 is 6.15 Å². The summed E-state index contributed by atoms with van der Waals surface area (Å²) >= 11 is 0. The normalized spacial score (nSPS) is 10.2. The van der Waals surface area contributed by atoms with E-state index < -0.39 is 7.82 Å². The molecule has 0 aromatic heterocycles. The molecule has 5 N–H and O–H groups in total. The van der Waals surface area contributed by atoms with Crippen molar-refractivity contribution in [3.05, 3.63) is 0 Å². The van der Waals surface area contributed by atoms with Gasteiger partial charge in [-0.2, -0.15) is 0 Å². The van der Waals surface area contributed by atoms with Crippen LogP contribution in [0.25, 0.3) is 0 Å². The van der Waals surface area contributed by atoms with E-state index in [9.17, 15) is 4.57 Å². The van der Waals surface area contributed by atoms with Crippen molar-refractivity contribution in [2.45, 2.75) is 125 Å². The Bertz CT molecular complexity index is 257. The summed E-state index contributed by atoms with van der Waals surface area (Å²) in [7, 11) is -3.75. The van der Waals surface area contributed by atoms with Crippen molar-refractivity contribution >= 4 is 7.82 Å². The van der Waals surface area contributed by atoms with E-state index in [1.165, 1.54) is 57.8 Å². The summed E-state index contributed by atoms with van der Waals surface area (Å²) in [6, 6.07) is 0. The Morgan fingerprint density at radius 3 is 1.07 bits per heavy atom. The molecule has 170 valence electrons. The highest BCUT2D eigenvalue weighted by molar-refractivity contribution is 7.47. The van der Waals surface area contributed by atoms with Gasteiger partial charge in [-0.3, -0.25) is 9.05 Å². The summed E-state index contributed by atoms with van der Waals surface area (Å²) in [5.41, 5.74) is 0. The van der Waals surface area contributed by atoms with Gasteiger partial charge in [0, 0.05) is 0 Å². The first kappa shape index (κ1) is 34.6. The predicted octanol–water partition coefficient (Wildman–Crippen LogP) is 8.66. The van der Waals surface area contributed by atoms with Gasteiger partial charge in [0.15, 0.2) is 0 Å². The van der Waals surface area contributed by atoms with Crippen LogP contribution in [0.1, 0.15) is 125 Å². The molecule has 0 saturated heterocycles. The first-order valence-electron chi connectivity index (χ1n) is 11.1. The van der Waals surface area contributed by atoms with Crippen LogP contribution in [-0.2, 0) is 13.6 Å². The Morgan fingerprint density at radius 2 is 0.852 bits per heavy atom. The van der Waals surface area contributed by atoms with Crippen molar-refractivity contribution < 1.29 is 18.5 Å². The smallest absolute Gasteiger partial charge is 0.369 e. The van der Waals surface area contributed by atoms with Crippen LogP contribution in [0.15, 0.2) is 0 Å². The van der Waals surface area contributed by atoms with Gasteiger partial charge in [-0.1, -0.05) is 112 Å². The molecule has 0 saturated carbocycles. The van der Waals surface area contributed by atoms with Gasteiger partial charge < -0.3 is 11.0 Å². The molecule has 0 bridgehead atoms. The molecule has 0 aromatic rings. The van der Waals surface area contributed by atoms with E-state index in [-0.39, 0.29) is 19.4 Å². The molecule has 0 aliphatic rings. The van der Waals surface area contributed by atoms with Gasteiger partial charge in [0.1, 0.15) is 0 Å². The third-order valence-corrected chi connectivity index (χ3v) is 4.69. The maximum Gasteiger partial charge on any atom is 0.472 e. The highest BCUT2D eigenvalue weighted by Crippen LogP contribution is 2.43. The molecule has 6 heteroatoms. The van der Waals surface area contributed by atoms with Crippen LogP contribution in [0, 0.1) is 0 Å². The van der Waals surface area contributed by atoms with E-state index in [0.717, 1.165) is 25.7 Å². The molecule has 0 fully saturated rings. The standard InChI is InChI=1S/C8H19O4P.C8H18.C5H12.H3N/c1-3-5-7-11-13(9,10)12-8-6-4-2;1-3-5-7-8-6-4-2;1-3-5-4-2;/h3-8H2,1-2H3,(H,9,10);3-8H2,1-2H3;3-5H2,1-2H3;1H3/p+1. The second kappa shape index (κ2) is 30.8. The number of quaternary nitrogens is 1. The number of hydrogen-bond acceptors (Lipinski definition) is 3. The Balaban J connectivity index is -0.000000162. The van der Waals surface area contributed by atoms with E-state index in [0.29, 0.717) is 0 Å². The van der Waals surface area contributed by atoms with E-state index in [2.05, 4.69) is 27.7 Å². The van der Waals surface area contributed by atoms with E-state index in [1.54, 1.807) is 0 Å². The fraction of sp³-hybridized carbons (Fsp3) is 1.00. The Hall–Kier alpha value is 0.0700. The van der Waals surface area contributed by atoms with Crippen molar-refractivity contribution in [1.29, 1.82) is 0 Å². The average molecular weight is 415 g/mol. The van der Waals surface area contributed by atoms with E-state index in [4.69, 9.17) is 13.9 Å². The van der Waals surface area contributed by atoms with Crippen LogP contribution in [-0.4, -0.2) is 18.1 Å². The number of phosphoric acid groups is 1. The molecule has 0 radical (unpaired) electrons. The third-order valence-electron chi connectivity index (χ3n) is 3.67. The number of phosphoric ester groups is 1. The SMILES string of the molecule is CCCCC.CCCCCCCC.CCCCOP(=O)(O)OCCCC.[NH4+]. The van der Waals surface area contributed by atoms with Gasteiger partial charge >= 0.3 is 7.82 Å². The molecule has 0 aromatic carbocycles. The predicted molar refractivity (Wildman–Crippen MR) is 122 cm³/mol. The number of hydrogen-bond donors (Lipinski definition) is 2. The largest absolute Gasteiger partial charge is 0.472 e. The van der Waals surface area contributed by atoms with Gasteiger partial charge in [-0.25, -0.2) is 4.57 Å². The molecule has 0 aliphatic heterocycles. The minimum absolute atomic E-state index is 0.